The van der Waals surface area contributed by atoms with Gasteiger partial charge in [0.2, 0.25) is 0 Å². The molecule has 0 spiro atoms. The highest BCUT2D eigenvalue weighted by Gasteiger charge is 2.44. The van der Waals surface area contributed by atoms with E-state index in [1.54, 1.807) is 30.6 Å². The zero-order chi connectivity index (χ0) is 14.7. The Morgan fingerprint density at radius 3 is 3.05 bits per heavy atom. The lowest BCUT2D eigenvalue weighted by atomic mass is 10.1. The number of ether oxygens (including phenoxy) is 2. The number of carbonyl (C=O) groups is 1. The summed E-state index contributed by atoms with van der Waals surface area (Å²) >= 11 is 0. The maximum atomic E-state index is 12.7. The second-order valence-corrected chi connectivity index (χ2v) is 5.38. The van der Waals surface area contributed by atoms with E-state index in [1.807, 2.05) is 4.90 Å². The molecule has 0 aromatic carbocycles. The van der Waals surface area contributed by atoms with Crippen LogP contribution in [0.4, 0.5) is 0 Å². The molecular weight excluding hydrogens is 268 g/mol. The fourth-order valence-electron chi connectivity index (χ4n) is 3.20. The Hall–Kier alpha value is -1.72. The van der Waals surface area contributed by atoms with Crippen LogP contribution < -0.4 is 0 Å². The molecule has 1 aliphatic carbocycles. The molecule has 3 atom stereocenters. The topological polar surface area (TPSA) is 51.7 Å². The number of nitrogens with zero attached hydrogens (tertiary/aromatic N) is 2. The van der Waals surface area contributed by atoms with Gasteiger partial charge in [0.15, 0.2) is 0 Å². The van der Waals surface area contributed by atoms with Gasteiger partial charge >= 0.3 is 0 Å². The van der Waals surface area contributed by atoms with E-state index in [0.717, 1.165) is 12.8 Å². The van der Waals surface area contributed by atoms with E-state index in [9.17, 15) is 4.79 Å². The van der Waals surface area contributed by atoms with Crippen LogP contribution in [-0.4, -0.2) is 53.8 Å². The van der Waals surface area contributed by atoms with E-state index in [1.165, 1.54) is 0 Å². The Bertz CT molecular complexity index is 506. The Kier molecular flexibility index (Phi) is 4.31. The van der Waals surface area contributed by atoms with Crippen molar-refractivity contribution in [3.8, 4) is 0 Å². The number of carbonyl (C=O) groups excluding carboxylic acids is 1. The minimum atomic E-state index is -0.0590. The highest BCUT2D eigenvalue weighted by Crippen LogP contribution is 2.32. The molecule has 3 rings (SSSR count). The molecule has 0 unspecified atom stereocenters. The van der Waals surface area contributed by atoms with Crippen LogP contribution in [0.1, 0.15) is 23.2 Å². The lowest BCUT2D eigenvalue weighted by Gasteiger charge is -2.31. The van der Waals surface area contributed by atoms with Gasteiger partial charge in [-0.05, 0) is 25.0 Å². The first-order valence-electron chi connectivity index (χ1n) is 7.36. The van der Waals surface area contributed by atoms with Gasteiger partial charge in [0.05, 0.1) is 25.4 Å². The van der Waals surface area contributed by atoms with Crippen LogP contribution in [0.2, 0.25) is 0 Å². The Morgan fingerprint density at radius 2 is 2.29 bits per heavy atom. The Balaban J connectivity index is 1.81. The van der Waals surface area contributed by atoms with Gasteiger partial charge in [-0.3, -0.25) is 9.78 Å². The average molecular weight is 288 g/mol. The second kappa shape index (κ2) is 6.37. The molecule has 1 aromatic rings. The van der Waals surface area contributed by atoms with Crippen molar-refractivity contribution in [3.63, 3.8) is 0 Å². The summed E-state index contributed by atoms with van der Waals surface area (Å²) in [6.07, 6.45) is 6.91. The molecule has 1 saturated heterocycles. The largest absolute Gasteiger partial charge is 0.374 e. The molecule has 1 amide bonds. The zero-order valence-corrected chi connectivity index (χ0v) is 12.0. The maximum absolute atomic E-state index is 12.7. The maximum Gasteiger partial charge on any atom is 0.254 e. The summed E-state index contributed by atoms with van der Waals surface area (Å²) in [5, 5.41) is 0. The van der Waals surface area contributed by atoms with E-state index in [4.69, 9.17) is 9.47 Å². The molecule has 1 aliphatic heterocycles. The normalized spacial score (nSPS) is 28.2. The number of fused-ring (bicyclic) bond motifs is 2. The number of hydrogen-bond donors (Lipinski definition) is 0. The lowest BCUT2D eigenvalue weighted by Crippen LogP contribution is -2.46. The van der Waals surface area contributed by atoms with Crippen molar-refractivity contribution in [1.82, 2.24) is 9.88 Å². The summed E-state index contributed by atoms with van der Waals surface area (Å²) in [5.74, 6) is 0.0285. The van der Waals surface area contributed by atoms with Crippen LogP contribution in [-0.2, 0) is 9.47 Å². The second-order valence-electron chi connectivity index (χ2n) is 5.38. The third-order valence-corrected chi connectivity index (χ3v) is 4.15. The molecule has 0 N–H and O–H groups in total. The highest BCUT2D eigenvalue weighted by molar-refractivity contribution is 5.94. The zero-order valence-electron chi connectivity index (χ0n) is 12.0. The number of aromatic nitrogens is 1. The van der Waals surface area contributed by atoms with Gasteiger partial charge in [0.25, 0.3) is 5.91 Å². The lowest BCUT2D eigenvalue weighted by molar-refractivity contribution is -0.0434. The van der Waals surface area contributed by atoms with E-state index in [0.29, 0.717) is 25.3 Å². The molecule has 5 nitrogen and oxygen atoms in total. The Labute approximate surface area is 124 Å². The fourth-order valence-corrected chi connectivity index (χ4v) is 3.20. The number of pyridine rings is 1. The minimum absolute atomic E-state index is 0.0285. The van der Waals surface area contributed by atoms with Crippen LogP contribution in [0.3, 0.4) is 0 Å². The smallest absolute Gasteiger partial charge is 0.254 e. The van der Waals surface area contributed by atoms with Gasteiger partial charge in [-0.25, -0.2) is 0 Å². The monoisotopic (exact) mass is 288 g/mol. The average Bonchev–Trinajstić information content (AvgIpc) is 2.81. The van der Waals surface area contributed by atoms with Crippen molar-refractivity contribution in [1.29, 1.82) is 0 Å². The van der Waals surface area contributed by atoms with Crippen molar-refractivity contribution in [2.45, 2.75) is 31.1 Å². The number of amides is 1. The van der Waals surface area contributed by atoms with Gasteiger partial charge in [-0.15, -0.1) is 6.58 Å². The molecule has 5 heteroatoms. The number of hydrogen-bond acceptors (Lipinski definition) is 4. The van der Waals surface area contributed by atoms with Crippen LogP contribution in [0.5, 0.6) is 0 Å². The summed E-state index contributed by atoms with van der Waals surface area (Å²) in [6.45, 7) is 5.34. The van der Waals surface area contributed by atoms with E-state index in [2.05, 4.69) is 11.6 Å². The van der Waals surface area contributed by atoms with Crippen molar-refractivity contribution in [3.05, 3.63) is 42.7 Å². The highest BCUT2D eigenvalue weighted by atomic mass is 16.5. The summed E-state index contributed by atoms with van der Waals surface area (Å²) in [4.78, 5) is 18.6. The standard InChI is InChI=1S/C16H20N2O3/c1-2-10-21-15-13-3-4-14(15)20-11-9-18(13)16(19)12-5-7-17-8-6-12/h2,5-8,13-15H,1,3-4,9-11H2/t13-,14-,15+/m1/s1. The van der Waals surface area contributed by atoms with Gasteiger partial charge in [0.1, 0.15) is 6.10 Å². The third kappa shape index (κ3) is 2.84. The predicted octanol–water partition coefficient (Wildman–Crippen LogP) is 1.66. The molecule has 2 fully saturated rings. The first-order valence-corrected chi connectivity index (χ1v) is 7.36. The molecule has 1 aromatic heterocycles. The van der Waals surface area contributed by atoms with Gasteiger partial charge in [0, 0.05) is 24.5 Å². The summed E-state index contributed by atoms with van der Waals surface area (Å²) in [5.41, 5.74) is 0.665. The van der Waals surface area contributed by atoms with Crippen LogP contribution in [0, 0.1) is 0 Å². The van der Waals surface area contributed by atoms with E-state index in [-0.39, 0.29) is 24.2 Å². The molecular formula is C16H20N2O3. The van der Waals surface area contributed by atoms with Gasteiger partial charge in [-0.1, -0.05) is 6.08 Å². The van der Waals surface area contributed by atoms with Crippen LogP contribution in [0.15, 0.2) is 37.2 Å². The van der Waals surface area contributed by atoms with Crippen molar-refractivity contribution in [2.24, 2.45) is 0 Å². The van der Waals surface area contributed by atoms with Crippen molar-refractivity contribution in [2.75, 3.05) is 19.8 Å². The molecule has 0 radical (unpaired) electrons. The number of rotatable bonds is 4. The van der Waals surface area contributed by atoms with Gasteiger partial charge in [-0.2, -0.15) is 0 Å². The summed E-state index contributed by atoms with van der Waals surface area (Å²) in [6, 6.07) is 3.58. The van der Waals surface area contributed by atoms with Crippen molar-refractivity contribution >= 4 is 5.91 Å². The first-order chi connectivity index (χ1) is 10.3. The predicted molar refractivity (Wildman–Crippen MR) is 78.0 cm³/mol. The minimum Gasteiger partial charge on any atom is -0.374 e. The summed E-state index contributed by atoms with van der Waals surface area (Å²) < 4.78 is 11.7. The molecule has 112 valence electrons. The van der Waals surface area contributed by atoms with Crippen LogP contribution in [0.25, 0.3) is 0 Å². The molecule has 2 heterocycles. The van der Waals surface area contributed by atoms with E-state index < -0.39 is 0 Å². The molecule has 2 bridgehead atoms. The summed E-state index contributed by atoms with van der Waals surface area (Å²) in [7, 11) is 0. The molecule has 21 heavy (non-hydrogen) atoms. The van der Waals surface area contributed by atoms with E-state index >= 15 is 0 Å². The molecule has 1 saturated carbocycles. The quantitative estimate of drug-likeness (QED) is 0.791. The van der Waals surface area contributed by atoms with Crippen LogP contribution >= 0.6 is 0 Å². The van der Waals surface area contributed by atoms with Gasteiger partial charge < -0.3 is 14.4 Å². The fraction of sp³-hybridized carbons (Fsp3) is 0.500. The SMILES string of the molecule is C=CCO[C@H]1[C@H]2CC[C@H]1OCCN2C(=O)c1ccncc1. The third-order valence-electron chi connectivity index (χ3n) is 4.15. The molecule has 2 aliphatic rings. The van der Waals surface area contributed by atoms with Crippen molar-refractivity contribution < 1.29 is 14.3 Å². The Morgan fingerprint density at radius 1 is 1.48 bits per heavy atom. The first kappa shape index (κ1) is 14.2.